The summed E-state index contributed by atoms with van der Waals surface area (Å²) in [7, 11) is 1.68. The van der Waals surface area contributed by atoms with Crippen LogP contribution in [0.4, 0.5) is 10.1 Å². The van der Waals surface area contributed by atoms with Crippen molar-refractivity contribution in [3.8, 4) is 0 Å². The second-order valence-corrected chi connectivity index (χ2v) is 5.20. The van der Waals surface area contributed by atoms with Crippen molar-refractivity contribution in [2.24, 2.45) is 4.99 Å². The molecule has 1 aliphatic heterocycles. The van der Waals surface area contributed by atoms with Crippen LogP contribution in [-0.4, -0.2) is 54.8 Å². The molecule has 1 aliphatic rings. The Kier molecular flexibility index (Phi) is 5.40. The third-order valence-electron chi connectivity index (χ3n) is 3.45. The van der Waals surface area contributed by atoms with Crippen LogP contribution in [0.2, 0.25) is 5.02 Å². The summed E-state index contributed by atoms with van der Waals surface area (Å²) >= 11 is 6.05. The number of likely N-dealkylation sites (N-methyl/N-ethyl adjacent to an activating group) is 1. The third-order valence-corrected chi connectivity index (χ3v) is 3.69. The van der Waals surface area contributed by atoms with Gasteiger partial charge in [0.05, 0.1) is 11.4 Å². The number of carbonyl (C=O) groups excluding carboxylic acids is 1. The van der Waals surface area contributed by atoms with Crippen molar-refractivity contribution in [3.05, 3.63) is 64.4 Å². The van der Waals surface area contributed by atoms with E-state index in [9.17, 15) is 9.18 Å². The number of nitrogens with zero attached hydrogens (tertiary/aromatic N) is 2. The first-order valence-electron chi connectivity index (χ1n) is 6.44. The SMILES string of the molecule is CN1C(=O)CN=C(c2ccccc2F)c2cc(Cl)ccc21.[NaH]. The second kappa shape index (κ2) is 6.92. The van der Waals surface area contributed by atoms with Crippen LogP contribution in [0.1, 0.15) is 11.1 Å². The Labute approximate surface area is 155 Å². The topological polar surface area (TPSA) is 32.7 Å². The Morgan fingerprint density at radius 1 is 1.18 bits per heavy atom. The molecule has 1 heterocycles. The second-order valence-electron chi connectivity index (χ2n) is 4.76. The molecule has 3 nitrogen and oxygen atoms in total. The molecule has 0 saturated heterocycles. The Balaban J connectivity index is 0.00000176. The monoisotopic (exact) mass is 326 g/mol. The van der Waals surface area contributed by atoms with E-state index in [0.717, 1.165) is 0 Å². The molecule has 0 atom stereocenters. The molecule has 3 rings (SSSR count). The van der Waals surface area contributed by atoms with E-state index in [-0.39, 0.29) is 47.8 Å². The Morgan fingerprint density at radius 3 is 2.64 bits per heavy atom. The molecular formula is C16H13ClFN2NaO. The standard InChI is InChI=1S/C16H12ClFN2O.Na.H/c1-20-14-7-6-10(17)8-12(14)16(19-9-15(20)21)11-4-2-3-5-13(11)18;;/h2-8H,9H2,1H3;;. The average Bonchev–Trinajstić information content (AvgIpc) is 2.59. The van der Waals surface area contributed by atoms with Gasteiger partial charge in [-0.05, 0) is 30.3 Å². The number of aliphatic imine (C=N–C) groups is 1. The van der Waals surface area contributed by atoms with Crippen LogP contribution in [0.3, 0.4) is 0 Å². The van der Waals surface area contributed by atoms with Crippen LogP contribution in [0.5, 0.6) is 0 Å². The number of amides is 1. The molecule has 22 heavy (non-hydrogen) atoms. The van der Waals surface area contributed by atoms with Gasteiger partial charge in [-0.3, -0.25) is 9.79 Å². The molecule has 0 bridgehead atoms. The van der Waals surface area contributed by atoms with Crippen molar-refractivity contribution in [2.45, 2.75) is 0 Å². The molecule has 6 heteroatoms. The quantitative estimate of drug-likeness (QED) is 0.742. The van der Waals surface area contributed by atoms with E-state index in [2.05, 4.69) is 4.99 Å². The van der Waals surface area contributed by atoms with Crippen molar-refractivity contribution >= 4 is 58.5 Å². The van der Waals surface area contributed by atoms with E-state index in [1.165, 1.54) is 11.0 Å². The van der Waals surface area contributed by atoms with Gasteiger partial charge in [-0.2, -0.15) is 0 Å². The van der Waals surface area contributed by atoms with Crippen molar-refractivity contribution in [2.75, 3.05) is 18.5 Å². The molecule has 0 N–H and O–H groups in total. The Hall–Kier alpha value is -1.20. The third kappa shape index (κ3) is 3.10. The number of rotatable bonds is 1. The van der Waals surface area contributed by atoms with Crippen LogP contribution in [-0.2, 0) is 4.79 Å². The summed E-state index contributed by atoms with van der Waals surface area (Å²) in [4.78, 5) is 17.8. The first-order chi connectivity index (χ1) is 10.1. The molecule has 0 unspecified atom stereocenters. The van der Waals surface area contributed by atoms with E-state index >= 15 is 0 Å². The number of fused-ring (bicyclic) bond motifs is 1. The van der Waals surface area contributed by atoms with Gasteiger partial charge < -0.3 is 4.90 Å². The molecule has 2 aromatic rings. The van der Waals surface area contributed by atoms with Gasteiger partial charge >= 0.3 is 29.6 Å². The number of benzene rings is 2. The summed E-state index contributed by atoms with van der Waals surface area (Å²) in [6.07, 6.45) is 0. The maximum atomic E-state index is 14.1. The number of anilines is 1. The number of hydrogen-bond donors (Lipinski definition) is 0. The van der Waals surface area contributed by atoms with Crippen molar-refractivity contribution in [1.82, 2.24) is 0 Å². The van der Waals surface area contributed by atoms with Crippen LogP contribution in [0.25, 0.3) is 0 Å². The fraction of sp³-hybridized carbons (Fsp3) is 0.125. The van der Waals surface area contributed by atoms with E-state index in [4.69, 9.17) is 11.6 Å². The minimum atomic E-state index is -0.376. The fourth-order valence-corrected chi connectivity index (χ4v) is 2.52. The first kappa shape index (κ1) is 17.2. The zero-order valence-corrected chi connectivity index (χ0v) is 12.1. The van der Waals surface area contributed by atoms with Gasteiger partial charge in [0.2, 0.25) is 5.91 Å². The van der Waals surface area contributed by atoms with E-state index in [1.54, 1.807) is 43.4 Å². The molecule has 0 spiro atoms. The molecule has 0 fully saturated rings. The van der Waals surface area contributed by atoms with Gasteiger partial charge in [-0.25, -0.2) is 4.39 Å². The number of benzodiazepines with no additional fused rings is 1. The molecule has 1 amide bonds. The molecular weight excluding hydrogens is 314 g/mol. The van der Waals surface area contributed by atoms with Gasteiger partial charge in [0.15, 0.2) is 0 Å². The van der Waals surface area contributed by atoms with E-state index in [0.29, 0.717) is 27.5 Å². The zero-order valence-electron chi connectivity index (χ0n) is 11.3. The number of halogens is 2. The van der Waals surface area contributed by atoms with Crippen LogP contribution >= 0.6 is 11.6 Å². The minimum absolute atomic E-state index is 0. The molecule has 108 valence electrons. The predicted octanol–water partition coefficient (Wildman–Crippen LogP) is 2.64. The summed E-state index contributed by atoms with van der Waals surface area (Å²) in [5.74, 6) is -0.524. The van der Waals surface area contributed by atoms with Crippen molar-refractivity contribution in [3.63, 3.8) is 0 Å². The average molecular weight is 327 g/mol. The van der Waals surface area contributed by atoms with Crippen molar-refractivity contribution < 1.29 is 9.18 Å². The zero-order chi connectivity index (χ0) is 15.0. The summed E-state index contributed by atoms with van der Waals surface area (Å²) < 4.78 is 14.1. The van der Waals surface area contributed by atoms with Gasteiger partial charge in [0.25, 0.3) is 0 Å². The number of hydrogen-bond acceptors (Lipinski definition) is 2. The van der Waals surface area contributed by atoms with E-state index < -0.39 is 0 Å². The fourth-order valence-electron chi connectivity index (χ4n) is 2.35. The molecule has 2 aromatic carbocycles. The van der Waals surface area contributed by atoms with E-state index in [1.807, 2.05) is 0 Å². The Bertz CT molecular complexity index is 764. The van der Waals surface area contributed by atoms with Gasteiger partial charge in [0.1, 0.15) is 12.4 Å². The maximum absolute atomic E-state index is 14.1. The van der Waals surface area contributed by atoms with Gasteiger partial charge in [-0.1, -0.05) is 23.7 Å². The summed E-state index contributed by atoms with van der Waals surface area (Å²) in [5.41, 5.74) is 2.14. The molecule has 0 aliphatic carbocycles. The first-order valence-corrected chi connectivity index (χ1v) is 6.81. The number of carbonyl (C=O) groups is 1. The summed E-state index contributed by atoms with van der Waals surface area (Å²) in [6.45, 7) is -0.0214. The normalized spacial score (nSPS) is 13.9. The van der Waals surface area contributed by atoms with Crippen LogP contribution < -0.4 is 4.90 Å². The van der Waals surface area contributed by atoms with Gasteiger partial charge in [0, 0.05) is 23.2 Å². The summed E-state index contributed by atoms with van der Waals surface area (Å²) in [6, 6.07) is 11.5. The van der Waals surface area contributed by atoms with Gasteiger partial charge in [-0.15, -0.1) is 0 Å². The summed E-state index contributed by atoms with van der Waals surface area (Å²) in [5, 5.41) is 0.514. The van der Waals surface area contributed by atoms with Crippen molar-refractivity contribution in [1.29, 1.82) is 0 Å². The Morgan fingerprint density at radius 2 is 1.91 bits per heavy atom. The predicted molar refractivity (Wildman–Crippen MR) is 88.9 cm³/mol. The molecule has 0 radical (unpaired) electrons. The molecule has 0 saturated carbocycles. The van der Waals surface area contributed by atoms with Crippen LogP contribution in [0.15, 0.2) is 47.5 Å². The molecule has 0 aromatic heterocycles. The van der Waals surface area contributed by atoms with Crippen LogP contribution in [0, 0.1) is 5.82 Å².